The van der Waals surface area contributed by atoms with Crippen LogP contribution in [0.4, 0.5) is 0 Å². The van der Waals surface area contributed by atoms with E-state index in [-0.39, 0.29) is 18.4 Å². The van der Waals surface area contributed by atoms with Gasteiger partial charge in [-0.3, -0.25) is 4.79 Å². The van der Waals surface area contributed by atoms with Gasteiger partial charge in [-0.05, 0) is 0 Å². The maximum Gasteiger partial charge on any atom is 0.336 e. The fourth-order valence-electron chi connectivity index (χ4n) is 1.44. The standard InChI is InChI=1S/C15H17N3O2/c1-15(2,3)13(19)10-20-14-17-12(9-16-18-14)11-7-5-4-6-8-11/h4-9H,10H2,1-3H3. The zero-order chi connectivity index (χ0) is 14.6. The highest BCUT2D eigenvalue weighted by Crippen LogP contribution is 2.18. The van der Waals surface area contributed by atoms with E-state index in [1.54, 1.807) is 6.20 Å². The van der Waals surface area contributed by atoms with Crippen LogP contribution in [-0.2, 0) is 4.79 Å². The van der Waals surface area contributed by atoms with E-state index in [1.807, 2.05) is 51.1 Å². The smallest absolute Gasteiger partial charge is 0.336 e. The number of hydrogen-bond donors (Lipinski definition) is 0. The van der Waals surface area contributed by atoms with Crippen LogP contribution in [0.2, 0.25) is 0 Å². The predicted octanol–water partition coefficient (Wildman–Crippen LogP) is 2.53. The molecule has 0 N–H and O–H groups in total. The molecule has 5 heteroatoms. The average Bonchev–Trinajstić information content (AvgIpc) is 2.45. The molecule has 0 aliphatic heterocycles. The SMILES string of the molecule is CC(C)(C)C(=O)COc1nncc(-c2ccccc2)n1. The minimum atomic E-state index is -0.440. The van der Waals surface area contributed by atoms with Crippen LogP contribution in [0, 0.1) is 5.41 Å². The summed E-state index contributed by atoms with van der Waals surface area (Å²) in [4.78, 5) is 16.0. The van der Waals surface area contributed by atoms with Gasteiger partial charge >= 0.3 is 6.01 Å². The largest absolute Gasteiger partial charge is 0.454 e. The van der Waals surface area contributed by atoms with Gasteiger partial charge in [0.25, 0.3) is 0 Å². The zero-order valence-electron chi connectivity index (χ0n) is 11.8. The van der Waals surface area contributed by atoms with Gasteiger partial charge in [-0.2, -0.15) is 10.1 Å². The Labute approximate surface area is 118 Å². The van der Waals surface area contributed by atoms with Gasteiger partial charge in [-0.15, -0.1) is 0 Å². The van der Waals surface area contributed by atoms with Gasteiger partial charge in [0.05, 0.1) is 11.9 Å². The van der Waals surface area contributed by atoms with E-state index in [1.165, 1.54) is 0 Å². The summed E-state index contributed by atoms with van der Waals surface area (Å²) in [5.74, 6) is -0.00814. The molecule has 5 nitrogen and oxygen atoms in total. The molecule has 0 unspecified atom stereocenters. The molecule has 2 aromatic rings. The molecule has 1 aromatic carbocycles. The number of carbonyl (C=O) groups is 1. The lowest BCUT2D eigenvalue weighted by Crippen LogP contribution is -2.26. The second-order valence-corrected chi connectivity index (χ2v) is 5.45. The molecule has 1 heterocycles. The quantitative estimate of drug-likeness (QED) is 0.855. The number of aromatic nitrogens is 3. The van der Waals surface area contributed by atoms with Crippen molar-refractivity contribution in [1.82, 2.24) is 15.2 Å². The third kappa shape index (κ3) is 3.60. The van der Waals surface area contributed by atoms with Crippen LogP contribution in [-0.4, -0.2) is 27.6 Å². The first kappa shape index (κ1) is 14.1. The third-order valence-electron chi connectivity index (χ3n) is 2.78. The average molecular weight is 271 g/mol. The molecule has 0 saturated heterocycles. The summed E-state index contributed by atoms with van der Waals surface area (Å²) in [7, 11) is 0. The third-order valence-corrected chi connectivity index (χ3v) is 2.78. The van der Waals surface area contributed by atoms with E-state index in [4.69, 9.17) is 4.74 Å². The molecule has 0 radical (unpaired) electrons. The van der Waals surface area contributed by atoms with Gasteiger partial charge < -0.3 is 4.74 Å². The van der Waals surface area contributed by atoms with Gasteiger partial charge in [0.1, 0.15) is 0 Å². The predicted molar refractivity (Wildman–Crippen MR) is 75.2 cm³/mol. The van der Waals surface area contributed by atoms with Crippen LogP contribution in [0.3, 0.4) is 0 Å². The number of benzene rings is 1. The number of carbonyl (C=O) groups excluding carboxylic acids is 1. The number of nitrogens with zero attached hydrogens (tertiary/aromatic N) is 3. The van der Waals surface area contributed by atoms with Crippen LogP contribution < -0.4 is 4.74 Å². The van der Waals surface area contributed by atoms with E-state index >= 15 is 0 Å². The molecule has 2 rings (SSSR count). The van der Waals surface area contributed by atoms with Crippen molar-refractivity contribution < 1.29 is 9.53 Å². The Kier molecular flexibility index (Phi) is 4.08. The minimum absolute atomic E-state index is 0.00814. The summed E-state index contributed by atoms with van der Waals surface area (Å²) in [6.07, 6.45) is 1.56. The second-order valence-electron chi connectivity index (χ2n) is 5.45. The maximum absolute atomic E-state index is 11.8. The Morgan fingerprint density at radius 3 is 2.55 bits per heavy atom. The van der Waals surface area contributed by atoms with Crippen LogP contribution in [0.15, 0.2) is 36.5 Å². The summed E-state index contributed by atoms with van der Waals surface area (Å²) >= 11 is 0. The fourth-order valence-corrected chi connectivity index (χ4v) is 1.44. The van der Waals surface area contributed by atoms with Gasteiger partial charge in [-0.25, -0.2) is 0 Å². The van der Waals surface area contributed by atoms with Gasteiger partial charge in [0, 0.05) is 11.0 Å². The molecule has 20 heavy (non-hydrogen) atoms. The first-order valence-corrected chi connectivity index (χ1v) is 6.38. The molecule has 0 atom stereocenters. The van der Waals surface area contributed by atoms with Crippen molar-refractivity contribution in [3.8, 4) is 17.3 Å². The molecule has 1 aromatic heterocycles. The Bertz CT molecular complexity index is 592. The lowest BCUT2D eigenvalue weighted by atomic mass is 9.91. The lowest BCUT2D eigenvalue weighted by molar-refractivity contribution is -0.128. The highest BCUT2D eigenvalue weighted by molar-refractivity contribution is 5.84. The molecule has 0 amide bonds. The maximum atomic E-state index is 11.8. The van der Waals surface area contributed by atoms with E-state index < -0.39 is 5.41 Å². The molecular formula is C15H17N3O2. The molecule has 0 fully saturated rings. The van der Waals surface area contributed by atoms with Crippen molar-refractivity contribution in [3.63, 3.8) is 0 Å². The van der Waals surface area contributed by atoms with Crippen molar-refractivity contribution in [2.75, 3.05) is 6.61 Å². The van der Waals surface area contributed by atoms with Gasteiger partial charge in [0.15, 0.2) is 12.4 Å². The van der Waals surface area contributed by atoms with Crippen molar-refractivity contribution in [1.29, 1.82) is 0 Å². The van der Waals surface area contributed by atoms with Gasteiger partial charge in [-0.1, -0.05) is 56.2 Å². The second kappa shape index (κ2) is 5.77. The summed E-state index contributed by atoms with van der Waals surface area (Å²) in [5, 5.41) is 7.64. The highest BCUT2D eigenvalue weighted by atomic mass is 16.5. The summed E-state index contributed by atoms with van der Waals surface area (Å²) in [5.41, 5.74) is 1.15. The zero-order valence-corrected chi connectivity index (χ0v) is 11.8. The summed E-state index contributed by atoms with van der Waals surface area (Å²) in [6.45, 7) is 5.48. The van der Waals surface area contributed by atoms with Crippen LogP contribution in [0.1, 0.15) is 20.8 Å². The molecule has 0 bridgehead atoms. The monoisotopic (exact) mass is 271 g/mol. The first-order valence-electron chi connectivity index (χ1n) is 6.38. The number of Topliss-reactive ketones (excluding diaryl/α,β-unsaturated/α-hetero) is 1. The van der Waals surface area contributed by atoms with Crippen molar-refractivity contribution in [2.24, 2.45) is 5.41 Å². The van der Waals surface area contributed by atoms with Gasteiger partial charge in [0.2, 0.25) is 0 Å². The van der Waals surface area contributed by atoms with E-state index in [0.29, 0.717) is 5.69 Å². The first-order chi connectivity index (χ1) is 9.47. The van der Waals surface area contributed by atoms with Crippen LogP contribution >= 0.6 is 0 Å². The van der Waals surface area contributed by atoms with E-state index in [2.05, 4.69) is 15.2 Å². The topological polar surface area (TPSA) is 65.0 Å². The lowest BCUT2D eigenvalue weighted by Gasteiger charge is -2.15. The van der Waals surface area contributed by atoms with E-state index in [9.17, 15) is 4.79 Å². The van der Waals surface area contributed by atoms with Crippen LogP contribution in [0.5, 0.6) is 6.01 Å². The number of rotatable bonds is 4. The molecular weight excluding hydrogens is 254 g/mol. The van der Waals surface area contributed by atoms with Crippen molar-refractivity contribution in [2.45, 2.75) is 20.8 Å². The summed E-state index contributed by atoms with van der Waals surface area (Å²) in [6, 6.07) is 9.73. The Morgan fingerprint density at radius 2 is 1.90 bits per heavy atom. The van der Waals surface area contributed by atoms with Crippen molar-refractivity contribution in [3.05, 3.63) is 36.5 Å². The Hall–Kier alpha value is -2.30. The summed E-state index contributed by atoms with van der Waals surface area (Å²) < 4.78 is 5.32. The number of ketones is 1. The molecule has 0 aliphatic rings. The highest BCUT2D eigenvalue weighted by Gasteiger charge is 2.22. The fraction of sp³-hybridized carbons (Fsp3) is 0.333. The number of hydrogen-bond acceptors (Lipinski definition) is 5. The van der Waals surface area contributed by atoms with E-state index in [0.717, 1.165) is 5.56 Å². The van der Waals surface area contributed by atoms with Crippen molar-refractivity contribution >= 4 is 5.78 Å². The minimum Gasteiger partial charge on any atom is -0.454 e. The normalized spacial score (nSPS) is 11.2. The molecule has 0 saturated carbocycles. The molecule has 0 spiro atoms. The van der Waals surface area contributed by atoms with Crippen LogP contribution in [0.25, 0.3) is 11.3 Å². The Morgan fingerprint density at radius 1 is 1.20 bits per heavy atom. The molecule has 0 aliphatic carbocycles. The Balaban J connectivity index is 2.10. The molecule has 104 valence electrons. The number of ether oxygens (including phenoxy) is 1.